The van der Waals surface area contributed by atoms with Crippen LogP contribution in [0.25, 0.3) is 33.6 Å². The van der Waals surface area contributed by atoms with Crippen LogP contribution in [0.5, 0.6) is 5.75 Å². The molecule has 4 aromatic heterocycles. The van der Waals surface area contributed by atoms with Crippen molar-refractivity contribution in [3.8, 4) is 17.3 Å². The number of halogens is 1. The van der Waals surface area contributed by atoms with Gasteiger partial charge in [0.2, 0.25) is 5.67 Å². The number of hydrogen-bond acceptors (Lipinski definition) is 8. The molecule has 2 atom stereocenters. The number of aromatic nitrogens is 5. The number of aryl methyl sites for hydroxylation is 1. The van der Waals surface area contributed by atoms with Crippen LogP contribution >= 0.6 is 0 Å². The monoisotopic (exact) mass is 642 g/mol. The van der Waals surface area contributed by atoms with Gasteiger partial charge in [-0.1, -0.05) is 18.9 Å². The molecule has 4 heterocycles. The number of benzene rings is 1. The molecule has 246 valence electrons. The first-order chi connectivity index (χ1) is 22.7. The topological polar surface area (TPSA) is 147 Å². The molecule has 0 spiro atoms. The highest BCUT2D eigenvalue weighted by Gasteiger charge is 2.41. The SMILES string of the molecule is COC(=O)c1cc(OC)c2c(c1)nc(-c1cc3ccc(C(C)N)nc3n1CCCCCCC(F)(C(=O)O)c1ccccn1)n2C1CC1. The number of methoxy groups -OCH3 is 2. The number of rotatable bonds is 14. The van der Waals surface area contributed by atoms with Gasteiger partial charge in [0.1, 0.15) is 16.9 Å². The lowest BCUT2D eigenvalue weighted by molar-refractivity contribution is -0.152. The number of aliphatic carboxylic acids is 1. The number of imidazole rings is 1. The first kappa shape index (κ1) is 32.1. The second-order valence-corrected chi connectivity index (χ2v) is 12.2. The van der Waals surface area contributed by atoms with Gasteiger partial charge in [-0.3, -0.25) is 4.98 Å². The summed E-state index contributed by atoms with van der Waals surface area (Å²) in [4.78, 5) is 38.3. The van der Waals surface area contributed by atoms with Crippen LogP contribution in [0.3, 0.4) is 0 Å². The second-order valence-electron chi connectivity index (χ2n) is 12.2. The highest BCUT2D eigenvalue weighted by Crippen LogP contribution is 2.45. The molecule has 11 nitrogen and oxygen atoms in total. The van der Waals surface area contributed by atoms with Crippen molar-refractivity contribution in [1.82, 2.24) is 24.1 Å². The van der Waals surface area contributed by atoms with Gasteiger partial charge in [0.15, 0.2) is 5.82 Å². The molecule has 47 heavy (non-hydrogen) atoms. The Kier molecular flexibility index (Phi) is 8.96. The minimum absolute atomic E-state index is 0.0825. The molecular weight excluding hydrogens is 603 g/mol. The third-order valence-electron chi connectivity index (χ3n) is 8.83. The van der Waals surface area contributed by atoms with Crippen molar-refractivity contribution in [2.45, 2.75) is 76.2 Å². The van der Waals surface area contributed by atoms with Crippen molar-refractivity contribution in [2.24, 2.45) is 5.73 Å². The number of esters is 1. The van der Waals surface area contributed by atoms with E-state index in [-0.39, 0.29) is 24.2 Å². The summed E-state index contributed by atoms with van der Waals surface area (Å²) in [5.74, 6) is -0.695. The summed E-state index contributed by atoms with van der Waals surface area (Å²) in [6.45, 7) is 2.50. The van der Waals surface area contributed by atoms with Crippen molar-refractivity contribution in [2.75, 3.05) is 14.2 Å². The minimum atomic E-state index is -2.53. The van der Waals surface area contributed by atoms with Crippen LogP contribution in [-0.4, -0.2) is 55.4 Å². The first-order valence-corrected chi connectivity index (χ1v) is 15.9. The Morgan fingerprint density at radius 1 is 1.09 bits per heavy atom. The maximum Gasteiger partial charge on any atom is 0.347 e. The smallest absolute Gasteiger partial charge is 0.347 e. The number of nitrogens with two attached hydrogens (primary N) is 1. The predicted molar refractivity (Wildman–Crippen MR) is 175 cm³/mol. The maximum absolute atomic E-state index is 15.5. The first-order valence-electron chi connectivity index (χ1n) is 15.9. The Hall–Kier alpha value is -4.84. The number of hydrogen-bond donors (Lipinski definition) is 2. The lowest BCUT2D eigenvalue weighted by atomic mass is 9.93. The summed E-state index contributed by atoms with van der Waals surface area (Å²) in [5.41, 5.74) is 7.85. The fourth-order valence-electron chi connectivity index (χ4n) is 6.20. The molecule has 0 saturated heterocycles. The van der Waals surface area contributed by atoms with Gasteiger partial charge in [0.05, 0.1) is 42.4 Å². The van der Waals surface area contributed by atoms with Gasteiger partial charge in [-0.25, -0.2) is 23.9 Å². The van der Waals surface area contributed by atoms with E-state index in [1.54, 1.807) is 31.4 Å². The van der Waals surface area contributed by atoms with Crippen LogP contribution < -0.4 is 10.5 Å². The lowest BCUT2D eigenvalue weighted by Gasteiger charge is -2.20. The van der Waals surface area contributed by atoms with Crippen molar-refractivity contribution in [3.05, 3.63) is 71.7 Å². The molecule has 1 aromatic carbocycles. The highest BCUT2D eigenvalue weighted by molar-refractivity contribution is 5.97. The number of nitrogens with zero attached hydrogens (tertiary/aromatic N) is 5. The summed E-state index contributed by atoms with van der Waals surface area (Å²) >= 11 is 0. The highest BCUT2D eigenvalue weighted by atomic mass is 19.1. The molecule has 0 radical (unpaired) electrons. The molecule has 1 aliphatic carbocycles. The molecule has 5 aromatic rings. The number of unbranched alkanes of at least 4 members (excludes halogenated alkanes) is 3. The number of alkyl halides is 1. The van der Waals surface area contributed by atoms with E-state index in [0.29, 0.717) is 36.2 Å². The molecule has 6 rings (SSSR count). The van der Waals surface area contributed by atoms with E-state index in [2.05, 4.69) is 20.2 Å². The van der Waals surface area contributed by atoms with Crippen molar-refractivity contribution in [3.63, 3.8) is 0 Å². The van der Waals surface area contributed by atoms with Gasteiger partial charge in [-0.05, 0) is 81.5 Å². The van der Waals surface area contributed by atoms with E-state index in [1.165, 1.54) is 19.4 Å². The van der Waals surface area contributed by atoms with Crippen molar-refractivity contribution in [1.29, 1.82) is 0 Å². The van der Waals surface area contributed by atoms with Crippen LogP contribution in [0.1, 0.15) is 85.7 Å². The van der Waals surface area contributed by atoms with Gasteiger partial charge in [-0.15, -0.1) is 0 Å². The number of carboxylic acid groups (broad SMARTS) is 1. The maximum atomic E-state index is 15.5. The second kappa shape index (κ2) is 13.1. The fourth-order valence-corrected chi connectivity index (χ4v) is 6.20. The van der Waals surface area contributed by atoms with E-state index in [4.69, 9.17) is 25.2 Å². The van der Waals surface area contributed by atoms with E-state index >= 15 is 4.39 Å². The Morgan fingerprint density at radius 2 is 1.87 bits per heavy atom. The minimum Gasteiger partial charge on any atom is -0.494 e. The van der Waals surface area contributed by atoms with Crippen LogP contribution in [0, 0.1) is 0 Å². The molecule has 12 heteroatoms. The van der Waals surface area contributed by atoms with E-state index in [0.717, 1.165) is 59.4 Å². The molecule has 1 saturated carbocycles. The number of carboxylic acids is 1. The zero-order valence-electron chi connectivity index (χ0n) is 26.8. The number of carbonyl (C=O) groups is 2. The Labute approximate surface area is 271 Å². The number of pyridine rings is 2. The molecule has 3 N–H and O–H groups in total. The molecule has 0 aliphatic heterocycles. The zero-order chi connectivity index (χ0) is 33.3. The van der Waals surface area contributed by atoms with Gasteiger partial charge in [-0.2, -0.15) is 0 Å². The quantitative estimate of drug-likeness (QED) is 0.102. The standard InChI is InChI=1S/C35H39FN6O5/c1-21(37)25-14-11-22-19-27(32-40-26-18-23(33(43)47-3)20-28(46-2)30(26)42(32)24-12-13-24)41(31(22)39-25)17-9-5-4-7-15-35(36,34(44)45)29-10-6-8-16-38-29/h6,8,10-11,14,16,18-21,24H,4-5,7,9,12-13,15,17,37H2,1-3H3,(H,44,45). The number of fused-ring (bicyclic) bond motifs is 2. The van der Waals surface area contributed by atoms with Crippen LogP contribution in [-0.2, 0) is 21.7 Å². The molecule has 1 aliphatic rings. The molecule has 0 amide bonds. The fraction of sp³-hybridized carbons (Fsp3) is 0.400. The van der Waals surface area contributed by atoms with Gasteiger partial charge >= 0.3 is 11.9 Å². The summed E-state index contributed by atoms with van der Waals surface area (Å²) in [6, 6.07) is 14.1. The predicted octanol–water partition coefficient (Wildman–Crippen LogP) is 6.50. The van der Waals surface area contributed by atoms with Gasteiger partial charge in [0.25, 0.3) is 0 Å². The van der Waals surface area contributed by atoms with E-state index in [1.807, 2.05) is 19.1 Å². The largest absolute Gasteiger partial charge is 0.494 e. The third-order valence-corrected chi connectivity index (χ3v) is 8.83. The summed E-state index contributed by atoms with van der Waals surface area (Å²) in [7, 11) is 2.92. The van der Waals surface area contributed by atoms with Crippen molar-refractivity contribution >= 4 is 34.0 Å². The average molecular weight is 643 g/mol. The number of carbonyl (C=O) groups excluding carboxylic acids is 1. The van der Waals surface area contributed by atoms with E-state index in [9.17, 15) is 14.7 Å². The zero-order valence-corrected chi connectivity index (χ0v) is 26.8. The summed E-state index contributed by atoms with van der Waals surface area (Å²) < 4.78 is 30.6. The molecule has 1 fully saturated rings. The molecular formula is C35H39FN6O5. The Bertz CT molecular complexity index is 1930. The molecule has 2 unspecified atom stereocenters. The van der Waals surface area contributed by atoms with Crippen LogP contribution in [0.4, 0.5) is 4.39 Å². The Balaban J connectivity index is 1.31. The van der Waals surface area contributed by atoms with Crippen LogP contribution in [0.15, 0.2) is 54.7 Å². The van der Waals surface area contributed by atoms with Gasteiger partial charge < -0.3 is 29.4 Å². The normalized spacial score (nSPS) is 15.1. The summed E-state index contributed by atoms with van der Waals surface area (Å²) in [5, 5.41) is 10.6. The average Bonchev–Trinajstić information content (AvgIpc) is 3.75. The van der Waals surface area contributed by atoms with Gasteiger partial charge in [0, 0.05) is 30.2 Å². The summed E-state index contributed by atoms with van der Waals surface area (Å²) in [6.07, 6.45) is 5.78. The van der Waals surface area contributed by atoms with E-state index < -0.39 is 17.6 Å². The lowest BCUT2D eigenvalue weighted by Crippen LogP contribution is -2.31. The molecule has 0 bridgehead atoms. The number of ether oxygens (including phenoxy) is 2. The van der Waals surface area contributed by atoms with Crippen LogP contribution in [0.2, 0.25) is 0 Å². The van der Waals surface area contributed by atoms with Crippen molar-refractivity contribution < 1.29 is 28.6 Å². The third kappa shape index (κ3) is 6.17. The Morgan fingerprint density at radius 3 is 2.53 bits per heavy atom.